The molecule has 0 unspecified atom stereocenters. The minimum atomic E-state index is -4.26. The molecule has 200 valence electrons. The first kappa shape index (κ1) is 26.2. The van der Waals surface area contributed by atoms with Crippen LogP contribution in [0.15, 0.2) is 54.9 Å². The summed E-state index contributed by atoms with van der Waals surface area (Å²) in [6.07, 6.45) is 1.24. The van der Waals surface area contributed by atoms with E-state index in [4.69, 9.17) is 0 Å². The number of aromatic nitrogens is 3. The van der Waals surface area contributed by atoms with Crippen molar-refractivity contribution >= 4 is 44.7 Å². The van der Waals surface area contributed by atoms with Gasteiger partial charge >= 0.3 is 6.18 Å². The van der Waals surface area contributed by atoms with Gasteiger partial charge in [-0.25, -0.2) is 4.98 Å². The van der Waals surface area contributed by atoms with Crippen LogP contribution in [0, 0.1) is 0 Å². The predicted octanol–water partition coefficient (Wildman–Crippen LogP) is 6.12. The molecule has 1 saturated carbocycles. The van der Waals surface area contributed by atoms with Gasteiger partial charge in [-0.15, -0.1) is 11.3 Å². The molecule has 5 rings (SSSR count). The van der Waals surface area contributed by atoms with Crippen LogP contribution in [0.2, 0.25) is 0 Å². The quantitative estimate of drug-likeness (QED) is 0.236. The van der Waals surface area contributed by atoms with Crippen LogP contribution in [0.5, 0.6) is 0 Å². The highest BCUT2D eigenvalue weighted by atomic mass is 32.1. The molecule has 0 aliphatic heterocycles. The van der Waals surface area contributed by atoms with E-state index in [1.807, 2.05) is 19.2 Å². The van der Waals surface area contributed by atoms with Gasteiger partial charge in [0.2, 0.25) is 5.95 Å². The summed E-state index contributed by atoms with van der Waals surface area (Å²) >= 11 is 1.08. The average molecular weight is 542 g/mol. The number of thiophene rings is 1. The van der Waals surface area contributed by atoms with Gasteiger partial charge in [-0.3, -0.25) is 4.98 Å². The van der Waals surface area contributed by atoms with Crippen molar-refractivity contribution < 1.29 is 13.2 Å². The van der Waals surface area contributed by atoms with Gasteiger partial charge in [-0.1, -0.05) is 12.1 Å². The van der Waals surface area contributed by atoms with Crippen molar-refractivity contribution in [1.82, 2.24) is 20.3 Å². The minimum Gasteiger partial charge on any atom is -0.357 e. The van der Waals surface area contributed by atoms with E-state index >= 15 is 0 Å². The summed E-state index contributed by atoms with van der Waals surface area (Å²) in [4.78, 5) is 16.1. The molecule has 11 heteroatoms. The standard InChI is InChI=1S/C27H30F3N7S/c1-31-26-35-24(23-13-22(14-27(28,29)30)38-25(23)36-26)37(2)21-10-9-19(12-21)33-15-17-5-7-18(8-6-17)34-20-4-3-11-32-16-20/h3-8,11,13,16,19,21,33-34H,9-10,12,14-15H2,1-2H3,(H,31,35,36)/t19-,21+/m0/s1. The molecule has 3 aromatic heterocycles. The molecule has 3 N–H and O–H groups in total. The van der Waals surface area contributed by atoms with E-state index in [0.29, 0.717) is 28.0 Å². The number of halogens is 3. The van der Waals surface area contributed by atoms with Crippen molar-refractivity contribution in [2.24, 2.45) is 0 Å². The molecule has 1 aliphatic carbocycles. The molecule has 0 radical (unpaired) electrons. The zero-order valence-electron chi connectivity index (χ0n) is 21.2. The van der Waals surface area contributed by atoms with Gasteiger partial charge in [0, 0.05) is 49.5 Å². The number of benzene rings is 1. The molecule has 0 amide bonds. The van der Waals surface area contributed by atoms with Gasteiger partial charge in [-0.05, 0) is 55.2 Å². The van der Waals surface area contributed by atoms with E-state index in [1.165, 1.54) is 5.56 Å². The van der Waals surface area contributed by atoms with Gasteiger partial charge in [-0.2, -0.15) is 18.2 Å². The average Bonchev–Trinajstić information content (AvgIpc) is 3.53. The molecular formula is C27H30F3N7S. The molecule has 1 aliphatic rings. The predicted molar refractivity (Wildman–Crippen MR) is 147 cm³/mol. The highest BCUT2D eigenvalue weighted by Crippen LogP contribution is 2.37. The third-order valence-corrected chi connectivity index (χ3v) is 7.84. The molecule has 0 spiro atoms. The third-order valence-electron chi connectivity index (χ3n) is 6.81. The van der Waals surface area contributed by atoms with E-state index in [1.54, 1.807) is 25.5 Å². The number of alkyl halides is 3. The van der Waals surface area contributed by atoms with Gasteiger partial charge in [0.15, 0.2) is 0 Å². The lowest BCUT2D eigenvalue weighted by atomic mass is 10.1. The number of hydrogen-bond acceptors (Lipinski definition) is 8. The molecular weight excluding hydrogens is 511 g/mol. The van der Waals surface area contributed by atoms with Crippen LogP contribution in [0.1, 0.15) is 29.7 Å². The lowest BCUT2D eigenvalue weighted by Crippen LogP contribution is -2.33. The Bertz CT molecular complexity index is 1360. The zero-order chi connectivity index (χ0) is 26.7. The van der Waals surface area contributed by atoms with Gasteiger partial charge < -0.3 is 20.9 Å². The van der Waals surface area contributed by atoms with Crippen LogP contribution in [-0.4, -0.2) is 47.3 Å². The fraction of sp³-hybridized carbons (Fsp3) is 0.370. The summed E-state index contributed by atoms with van der Waals surface area (Å²) < 4.78 is 39.0. The topological polar surface area (TPSA) is 78.0 Å². The van der Waals surface area contributed by atoms with Crippen LogP contribution in [-0.2, 0) is 13.0 Å². The molecule has 38 heavy (non-hydrogen) atoms. The first-order valence-electron chi connectivity index (χ1n) is 12.5. The van der Waals surface area contributed by atoms with Crippen molar-refractivity contribution in [1.29, 1.82) is 0 Å². The van der Waals surface area contributed by atoms with Gasteiger partial charge in [0.05, 0.1) is 23.7 Å². The van der Waals surface area contributed by atoms with Crippen molar-refractivity contribution in [2.75, 3.05) is 29.6 Å². The largest absolute Gasteiger partial charge is 0.393 e. The summed E-state index contributed by atoms with van der Waals surface area (Å²) in [6.45, 7) is 0.765. The normalized spacial score (nSPS) is 17.6. The molecule has 1 aromatic carbocycles. The minimum absolute atomic E-state index is 0.229. The molecule has 7 nitrogen and oxygen atoms in total. The maximum absolute atomic E-state index is 13.0. The highest BCUT2D eigenvalue weighted by molar-refractivity contribution is 7.18. The smallest absolute Gasteiger partial charge is 0.357 e. The van der Waals surface area contributed by atoms with E-state index in [-0.39, 0.29) is 10.9 Å². The van der Waals surface area contributed by atoms with E-state index < -0.39 is 12.6 Å². The Morgan fingerprint density at radius 2 is 1.89 bits per heavy atom. The summed E-state index contributed by atoms with van der Waals surface area (Å²) in [7, 11) is 3.69. The molecule has 3 heterocycles. The molecule has 0 saturated heterocycles. The number of nitrogens with zero attached hydrogens (tertiary/aromatic N) is 4. The fourth-order valence-corrected chi connectivity index (χ4v) is 5.91. The highest BCUT2D eigenvalue weighted by Gasteiger charge is 2.31. The van der Waals surface area contributed by atoms with Crippen LogP contribution in [0.3, 0.4) is 0 Å². The number of nitrogens with one attached hydrogen (secondary N) is 3. The fourth-order valence-electron chi connectivity index (χ4n) is 4.86. The Morgan fingerprint density at radius 3 is 2.61 bits per heavy atom. The van der Waals surface area contributed by atoms with E-state index in [2.05, 4.69) is 60.1 Å². The number of pyridine rings is 1. The Balaban J connectivity index is 1.21. The maximum atomic E-state index is 13.0. The lowest BCUT2D eigenvalue weighted by molar-refractivity contribution is -0.126. The Hall–Kier alpha value is -3.44. The number of rotatable bonds is 9. The molecule has 1 fully saturated rings. The summed E-state index contributed by atoms with van der Waals surface area (Å²) in [5, 5.41) is 10.6. The zero-order valence-corrected chi connectivity index (χ0v) is 22.0. The SMILES string of the molecule is CNc1nc(N(C)[C@@H]2CC[C@H](NCc3ccc(Nc4cccnc4)cc3)C2)c2cc(CC(F)(F)F)sc2n1. The van der Waals surface area contributed by atoms with Crippen LogP contribution >= 0.6 is 11.3 Å². The first-order chi connectivity index (χ1) is 18.3. The van der Waals surface area contributed by atoms with Gasteiger partial charge in [0.25, 0.3) is 0 Å². The van der Waals surface area contributed by atoms with Crippen molar-refractivity contribution in [3.8, 4) is 0 Å². The number of hydrogen-bond donors (Lipinski definition) is 3. The van der Waals surface area contributed by atoms with E-state index in [0.717, 1.165) is 48.5 Å². The van der Waals surface area contributed by atoms with Gasteiger partial charge in [0.1, 0.15) is 10.6 Å². The number of fused-ring (bicyclic) bond motifs is 1. The van der Waals surface area contributed by atoms with Crippen molar-refractivity contribution in [3.05, 3.63) is 65.3 Å². The Kier molecular flexibility index (Phi) is 7.66. The lowest BCUT2D eigenvalue weighted by Gasteiger charge is -2.27. The second kappa shape index (κ2) is 11.1. The van der Waals surface area contributed by atoms with Crippen molar-refractivity contribution in [2.45, 2.75) is 50.5 Å². The second-order valence-corrected chi connectivity index (χ2v) is 10.7. The summed E-state index contributed by atoms with van der Waals surface area (Å²) in [6, 6.07) is 14.4. The molecule has 4 aromatic rings. The summed E-state index contributed by atoms with van der Waals surface area (Å²) in [5.74, 6) is 1.08. The van der Waals surface area contributed by atoms with Crippen LogP contribution in [0.4, 0.5) is 36.3 Å². The molecule has 2 atom stereocenters. The third kappa shape index (κ3) is 6.33. The van der Waals surface area contributed by atoms with Crippen LogP contribution < -0.4 is 20.9 Å². The monoisotopic (exact) mass is 541 g/mol. The Morgan fingerprint density at radius 1 is 1.08 bits per heavy atom. The number of anilines is 4. The van der Waals surface area contributed by atoms with Crippen molar-refractivity contribution in [3.63, 3.8) is 0 Å². The first-order valence-corrected chi connectivity index (χ1v) is 13.4. The maximum Gasteiger partial charge on any atom is 0.393 e. The Labute approximate surface area is 223 Å². The molecule has 0 bridgehead atoms. The summed E-state index contributed by atoms with van der Waals surface area (Å²) in [5.41, 5.74) is 3.15. The van der Waals surface area contributed by atoms with E-state index in [9.17, 15) is 13.2 Å². The second-order valence-electron chi connectivity index (χ2n) is 9.56. The van der Waals surface area contributed by atoms with Crippen LogP contribution in [0.25, 0.3) is 10.2 Å².